The Morgan fingerprint density at radius 2 is 1.95 bits per heavy atom. The van der Waals surface area contributed by atoms with Gasteiger partial charge in [-0.05, 0) is 30.9 Å². The van der Waals surface area contributed by atoms with Crippen LogP contribution in [0.4, 0.5) is 5.69 Å². The molecule has 0 saturated carbocycles. The van der Waals surface area contributed by atoms with Gasteiger partial charge in [0.25, 0.3) is 5.91 Å². The first kappa shape index (κ1) is 16.5. The van der Waals surface area contributed by atoms with Crippen LogP contribution in [0.1, 0.15) is 51.0 Å². The van der Waals surface area contributed by atoms with Gasteiger partial charge in [-0.1, -0.05) is 27.7 Å². The molecule has 0 radical (unpaired) electrons. The summed E-state index contributed by atoms with van der Waals surface area (Å²) >= 11 is 0. The molecule has 0 fully saturated rings. The number of aromatic nitrogens is 1. The fourth-order valence-corrected chi connectivity index (χ4v) is 2.00. The quantitative estimate of drug-likeness (QED) is 0.792. The molecule has 0 spiro atoms. The van der Waals surface area contributed by atoms with Gasteiger partial charge in [0.15, 0.2) is 0 Å². The number of carbonyl (C=O) groups excluding carboxylic acids is 1. The zero-order chi connectivity index (χ0) is 15.0. The van der Waals surface area contributed by atoms with Crippen molar-refractivity contribution in [1.82, 2.24) is 9.88 Å². The van der Waals surface area contributed by atoms with Crippen LogP contribution in [0.3, 0.4) is 0 Å². The van der Waals surface area contributed by atoms with Crippen molar-refractivity contribution in [1.29, 1.82) is 0 Å². The van der Waals surface area contributed by atoms with Crippen molar-refractivity contribution in [3.05, 3.63) is 24.0 Å². The molecule has 20 heavy (non-hydrogen) atoms. The normalized spacial score (nSPS) is 10.7. The van der Waals surface area contributed by atoms with Gasteiger partial charge >= 0.3 is 0 Å². The van der Waals surface area contributed by atoms with E-state index in [2.05, 4.69) is 38.0 Å². The van der Waals surface area contributed by atoms with Gasteiger partial charge in [0, 0.05) is 31.5 Å². The Morgan fingerprint density at radius 1 is 1.30 bits per heavy atom. The maximum Gasteiger partial charge on any atom is 0.272 e. The minimum atomic E-state index is 0.0295. The van der Waals surface area contributed by atoms with E-state index >= 15 is 0 Å². The van der Waals surface area contributed by atoms with E-state index in [0.29, 0.717) is 11.6 Å². The fraction of sp³-hybridized carbons (Fsp3) is 0.625. The van der Waals surface area contributed by atoms with E-state index in [9.17, 15) is 4.79 Å². The number of nitrogens with zero attached hydrogens (tertiary/aromatic N) is 2. The molecule has 0 bridgehead atoms. The van der Waals surface area contributed by atoms with Gasteiger partial charge in [-0.3, -0.25) is 9.78 Å². The van der Waals surface area contributed by atoms with Crippen LogP contribution in [0.15, 0.2) is 18.3 Å². The third-order valence-corrected chi connectivity index (χ3v) is 2.97. The predicted molar refractivity (Wildman–Crippen MR) is 84.1 cm³/mol. The van der Waals surface area contributed by atoms with Crippen LogP contribution in [-0.2, 0) is 0 Å². The Hall–Kier alpha value is -1.58. The Labute approximate surface area is 122 Å². The largest absolute Gasteiger partial charge is 0.385 e. The summed E-state index contributed by atoms with van der Waals surface area (Å²) in [6.45, 7) is 11.0. The van der Waals surface area contributed by atoms with Crippen molar-refractivity contribution in [2.75, 3.05) is 25.0 Å². The second-order valence-electron chi connectivity index (χ2n) is 5.50. The molecule has 1 aromatic rings. The van der Waals surface area contributed by atoms with E-state index in [1.807, 2.05) is 17.0 Å². The van der Waals surface area contributed by atoms with Crippen molar-refractivity contribution < 1.29 is 4.79 Å². The van der Waals surface area contributed by atoms with Crippen molar-refractivity contribution in [2.24, 2.45) is 5.92 Å². The van der Waals surface area contributed by atoms with Crippen molar-refractivity contribution in [3.63, 3.8) is 0 Å². The van der Waals surface area contributed by atoms with Crippen LogP contribution < -0.4 is 5.32 Å². The lowest BCUT2D eigenvalue weighted by molar-refractivity contribution is 0.0750. The third kappa shape index (κ3) is 5.19. The molecule has 0 aliphatic rings. The summed E-state index contributed by atoms with van der Waals surface area (Å²) in [7, 11) is 0. The molecule has 4 nitrogen and oxygen atoms in total. The summed E-state index contributed by atoms with van der Waals surface area (Å²) in [4.78, 5) is 18.6. The number of nitrogens with one attached hydrogen (secondary N) is 1. The zero-order valence-corrected chi connectivity index (χ0v) is 13.1. The maximum atomic E-state index is 12.5. The molecule has 112 valence electrons. The molecule has 1 amide bonds. The van der Waals surface area contributed by atoms with Crippen LogP contribution in [-0.4, -0.2) is 35.4 Å². The van der Waals surface area contributed by atoms with Crippen LogP contribution in [0.2, 0.25) is 0 Å². The first-order valence-corrected chi connectivity index (χ1v) is 7.57. The van der Waals surface area contributed by atoms with E-state index in [-0.39, 0.29) is 5.91 Å². The summed E-state index contributed by atoms with van der Waals surface area (Å²) < 4.78 is 0. The van der Waals surface area contributed by atoms with Crippen LogP contribution >= 0.6 is 0 Å². The minimum absolute atomic E-state index is 0.0295. The highest BCUT2D eigenvalue weighted by Gasteiger charge is 2.15. The Balaban J connectivity index is 2.78. The van der Waals surface area contributed by atoms with Crippen LogP contribution in [0.25, 0.3) is 0 Å². The lowest BCUT2D eigenvalue weighted by atomic mass is 10.2. The lowest BCUT2D eigenvalue weighted by Crippen LogP contribution is -2.33. The number of carbonyl (C=O) groups is 1. The van der Waals surface area contributed by atoms with Gasteiger partial charge in [-0.15, -0.1) is 0 Å². The number of pyridine rings is 1. The Kier molecular flexibility index (Phi) is 7.05. The number of rotatable bonds is 8. The SMILES string of the molecule is CCCN(CCC)C(=O)c1cc(NCC(C)C)ccn1. The summed E-state index contributed by atoms with van der Waals surface area (Å²) in [6.07, 6.45) is 3.64. The highest BCUT2D eigenvalue weighted by molar-refractivity contribution is 5.93. The second-order valence-corrected chi connectivity index (χ2v) is 5.50. The number of anilines is 1. The molecule has 0 aliphatic heterocycles. The summed E-state index contributed by atoms with van der Waals surface area (Å²) in [6, 6.07) is 3.76. The highest BCUT2D eigenvalue weighted by Crippen LogP contribution is 2.11. The van der Waals surface area contributed by atoms with E-state index in [1.165, 1.54) is 0 Å². The molecular formula is C16H27N3O. The molecule has 0 aliphatic carbocycles. The Morgan fingerprint density at radius 3 is 2.50 bits per heavy atom. The summed E-state index contributed by atoms with van der Waals surface area (Å²) in [5, 5.41) is 3.33. The van der Waals surface area contributed by atoms with Gasteiger partial charge in [0.05, 0.1) is 0 Å². The second kappa shape index (κ2) is 8.56. The topological polar surface area (TPSA) is 45.2 Å². The molecule has 1 N–H and O–H groups in total. The van der Waals surface area contributed by atoms with E-state index < -0.39 is 0 Å². The molecule has 0 saturated heterocycles. The average molecular weight is 277 g/mol. The predicted octanol–water partition coefficient (Wildman–Crippen LogP) is 3.41. The van der Waals surface area contributed by atoms with Gasteiger partial charge in [0.2, 0.25) is 0 Å². The first-order chi connectivity index (χ1) is 9.58. The van der Waals surface area contributed by atoms with Gasteiger partial charge in [-0.2, -0.15) is 0 Å². The lowest BCUT2D eigenvalue weighted by Gasteiger charge is -2.21. The molecule has 0 aromatic carbocycles. The first-order valence-electron chi connectivity index (χ1n) is 7.57. The molecular weight excluding hydrogens is 250 g/mol. The average Bonchev–Trinajstić information content (AvgIpc) is 2.44. The maximum absolute atomic E-state index is 12.5. The Bertz CT molecular complexity index is 412. The van der Waals surface area contributed by atoms with Gasteiger partial charge < -0.3 is 10.2 Å². The van der Waals surface area contributed by atoms with Crippen LogP contribution in [0.5, 0.6) is 0 Å². The monoisotopic (exact) mass is 277 g/mol. The van der Waals surface area contributed by atoms with Crippen LogP contribution in [0, 0.1) is 5.92 Å². The summed E-state index contributed by atoms with van der Waals surface area (Å²) in [5.74, 6) is 0.598. The van der Waals surface area contributed by atoms with E-state index in [0.717, 1.165) is 38.2 Å². The molecule has 1 heterocycles. The number of amides is 1. The number of hydrogen-bond donors (Lipinski definition) is 1. The molecule has 4 heteroatoms. The van der Waals surface area contributed by atoms with Gasteiger partial charge in [0.1, 0.15) is 5.69 Å². The summed E-state index contributed by atoms with van der Waals surface area (Å²) in [5.41, 5.74) is 1.49. The smallest absolute Gasteiger partial charge is 0.272 e. The molecule has 0 unspecified atom stereocenters. The van der Waals surface area contributed by atoms with Crippen molar-refractivity contribution in [2.45, 2.75) is 40.5 Å². The third-order valence-electron chi connectivity index (χ3n) is 2.97. The zero-order valence-electron chi connectivity index (χ0n) is 13.1. The van der Waals surface area contributed by atoms with E-state index in [4.69, 9.17) is 0 Å². The van der Waals surface area contributed by atoms with Crippen molar-refractivity contribution >= 4 is 11.6 Å². The minimum Gasteiger partial charge on any atom is -0.385 e. The van der Waals surface area contributed by atoms with E-state index in [1.54, 1.807) is 6.20 Å². The molecule has 1 aromatic heterocycles. The fourth-order valence-electron chi connectivity index (χ4n) is 2.00. The standard InChI is InChI=1S/C16H27N3O/c1-5-9-19(10-6-2)16(20)15-11-14(7-8-17-15)18-12-13(3)4/h7-8,11,13H,5-6,9-10,12H2,1-4H3,(H,17,18). The highest BCUT2D eigenvalue weighted by atomic mass is 16.2. The molecule has 1 rings (SSSR count). The number of hydrogen-bond acceptors (Lipinski definition) is 3. The van der Waals surface area contributed by atoms with Crippen molar-refractivity contribution in [3.8, 4) is 0 Å². The van der Waals surface area contributed by atoms with Gasteiger partial charge in [-0.25, -0.2) is 0 Å². The molecule has 0 atom stereocenters.